The molecule has 3 aliphatic rings. The van der Waals surface area contributed by atoms with Crippen molar-refractivity contribution in [2.75, 3.05) is 14.2 Å². The van der Waals surface area contributed by atoms with Gasteiger partial charge in [0.25, 0.3) is 0 Å². The lowest BCUT2D eigenvalue weighted by atomic mass is 9.61. The van der Waals surface area contributed by atoms with Crippen LogP contribution < -0.4 is 9.47 Å². The molecular weight excluding hydrogens is 528 g/mol. The van der Waals surface area contributed by atoms with Crippen LogP contribution in [-0.4, -0.2) is 14.2 Å². The second kappa shape index (κ2) is 7.78. The fourth-order valence-corrected chi connectivity index (χ4v) is 6.79. The minimum atomic E-state index is 0.412. The topological polar surface area (TPSA) is 18.5 Å². The first kappa shape index (κ1) is 20.6. The van der Waals surface area contributed by atoms with Crippen LogP contribution in [0.15, 0.2) is 57.5 Å². The summed E-state index contributed by atoms with van der Waals surface area (Å²) in [6.07, 6.45) is 4.39. The van der Waals surface area contributed by atoms with Crippen LogP contribution in [0.25, 0.3) is 11.1 Å². The van der Waals surface area contributed by atoms with Crippen LogP contribution in [0.4, 0.5) is 0 Å². The van der Waals surface area contributed by atoms with E-state index in [0.717, 1.165) is 46.1 Å². The van der Waals surface area contributed by atoms with Crippen LogP contribution in [0.1, 0.15) is 58.1 Å². The van der Waals surface area contributed by atoms with E-state index in [2.05, 4.69) is 80.4 Å². The number of fused-ring (bicyclic) bond motifs is 9. The Morgan fingerprint density at radius 3 is 1.50 bits per heavy atom. The predicted molar refractivity (Wildman–Crippen MR) is 137 cm³/mol. The normalized spacial score (nSPS) is 20.5. The molecule has 2 nitrogen and oxygen atoms in total. The van der Waals surface area contributed by atoms with Gasteiger partial charge in [-0.3, -0.25) is 0 Å². The summed E-state index contributed by atoms with van der Waals surface area (Å²) in [6, 6.07) is 18.0. The first-order chi connectivity index (χ1) is 15.6. The number of benzene rings is 3. The number of allylic oxidation sites excluding steroid dienone is 2. The number of halogens is 2. The van der Waals surface area contributed by atoms with Gasteiger partial charge in [0.05, 0.1) is 14.2 Å². The van der Waals surface area contributed by atoms with Crippen molar-refractivity contribution >= 4 is 43.0 Å². The van der Waals surface area contributed by atoms with Gasteiger partial charge in [-0.15, -0.1) is 0 Å². The van der Waals surface area contributed by atoms with E-state index < -0.39 is 0 Å². The Hall–Kier alpha value is -2.04. The summed E-state index contributed by atoms with van der Waals surface area (Å²) in [5.74, 6) is 2.71. The van der Waals surface area contributed by atoms with E-state index in [0.29, 0.717) is 11.8 Å². The summed E-state index contributed by atoms with van der Waals surface area (Å²) >= 11 is 7.56. The highest BCUT2D eigenvalue weighted by Gasteiger charge is 2.40. The van der Waals surface area contributed by atoms with E-state index in [9.17, 15) is 0 Å². The van der Waals surface area contributed by atoms with Gasteiger partial charge < -0.3 is 9.47 Å². The van der Waals surface area contributed by atoms with E-state index in [-0.39, 0.29) is 0 Å². The molecule has 0 aliphatic heterocycles. The number of ether oxygens (including phenoxy) is 2. The zero-order chi connectivity index (χ0) is 22.0. The van der Waals surface area contributed by atoms with Gasteiger partial charge in [0.15, 0.2) is 0 Å². The Labute approximate surface area is 205 Å². The van der Waals surface area contributed by atoms with Gasteiger partial charge in [-0.1, -0.05) is 12.1 Å². The molecule has 32 heavy (non-hydrogen) atoms. The Bertz CT molecular complexity index is 1190. The summed E-state index contributed by atoms with van der Waals surface area (Å²) in [6.45, 7) is 0. The largest absolute Gasteiger partial charge is 0.497 e. The molecule has 0 N–H and O–H groups in total. The molecule has 0 saturated heterocycles. The van der Waals surface area contributed by atoms with Gasteiger partial charge in [-0.2, -0.15) is 0 Å². The van der Waals surface area contributed by atoms with Crippen molar-refractivity contribution in [1.82, 2.24) is 0 Å². The van der Waals surface area contributed by atoms with E-state index in [1.807, 2.05) is 0 Å². The van der Waals surface area contributed by atoms with Crippen LogP contribution in [0.3, 0.4) is 0 Å². The molecule has 6 rings (SSSR count). The molecular formula is C28H24Br2O2. The molecule has 0 radical (unpaired) electrons. The van der Waals surface area contributed by atoms with Crippen molar-refractivity contribution in [1.29, 1.82) is 0 Å². The molecule has 0 amide bonds. The minimum absolute atomic E-state index is 0.412. The maximum absolute atomic E-state index is 5.55. The third kappa shape index (κ3) is 3.03. The average molecular weight is 552 g/mol. The lowest BCUT2D eigenvalue weighted by Gasteiger charge is -2.42. The first-order valence-electron chi connectivity index (χ1n) is 11.2. The van der Waals surface area contributed by atoms with Gasteiger partial charge in [-0.05, 0) is 138 Å². The molecule has 162 valence electrons. The lowest BCUT2D eigenvalue weighted by Crippen LogP contribution is -2.25. The molecule has 3 aromatic carbocycles. The Morgan fingerprint density at radius 1 is 0.656 bits per heavy atom. The fraction of sp³-hybridized carbons (Fsp3) is 0.286. The highest BCUT2D eigenvalue weighted by atomic mass is 79.9. The summed E-state index contributed by atoms with van der Waals surface area (Å²) in [7, 11) is 3.50. The van der Waals surface area contributed by atoms with Crippen molar-refractivity contribution < 1.29 is 9.47 Å². The van der Waals surface area contributed by atoms with Crippen LogP contribution in [0.5, 0.6) is 11.5 Å². The molecule has 2 unspecified atom stereocenters. The third-order valence-electron chi connectivity index (χ3n) is 7.47. The molecule has 0 saturated carbocycles. The molecule has 0 spiro atoms. The van der Waals surface area contributed by atoms with Gasteiger partial charge in [0.2, 0.25) is 0 Å². The first-order valence-corrected chi connectivity index (χ1v) is 12.7. The van der Waals surface area contributed by atoms with Gasteiger partial charge >= 0.3 is 0 Å². The van der Waals surface area contributed by atoms with Crippen molar-refractivity contribution in [2.24, 2.45) is 0 Å². The Kier molecular flexibility index (Phi) is 5.00. The standard InChI is InChI=1S/C28H24Br2O2/c1-31-17-5-9-19-15(11-17)3-7-21-23-13-25(29)26(30)14-24(23)22-8-4-16-12-18(32-2)6-10-20(16)28(22)27(19)21/h5-6,9-14,21-22H,3-4,7-8H2,1-2H3. The van der Waals surface area contributed by atoms with Crippen LogP contribution in [-0.2, 0) is 12.8 Å². The second-order valence-corrected chi connectivity index (χ2v) is 10.7. The van der Waals surface area contributed by atoms with Crippen LogP contribution >= 0.6 is 31.9 Å². The fourth-order valence-electron chi connectivity index (χ4n) is 6.07. The second-order valence-electron chi connectivity index (χ2n) is 8.95. The monoisotopic (exact) mass is 550 g/mol. The smallest absolute Gasteiger partial charge is 0.119 e. The molecule has 0 bridgehead atoms. The number of hydrogen-bond acceptors (Lipinski definition) is 2. The SMILES string of the molecule is COc1ccc2c(c1)CCC1C2=C2c3ccc(OC)cc3CCC2c2cc(Br)c(Br)cc21. The van der Waals surface area contributed by atoms with E-state index >= 15 is 0 Å². The molecule has 4 heteroatoms. The van der Waals surface area contributed by atoms with Crippen molar-refractivity contribution in [2.45, 2.75) is 37.5 Å². The van der Waals surface area contributed by atoms with Crippen molar-refractivity contribution in [3.05, 3.63) is 90.9 Å². The van der Waals surface area contributed by atoms with E-state index in [1.54, 1.807) is 14.2 Å². The zero-order valence-corrected chi connectivity index (χ0v) is 21.3. The number of methoxy groups -OCH3 is 2. The number of aryl methyl sites for hydroxylation is 2. The summed E-state index contributed by atoms with van der Waals surface area (Å²) in [5.41, 5.74) is 11.6. The third-order valence-corrected chi connectivity index (χ3v) is 9.32. The molecule has 0 fully saturated rings. The van der Waals surface area contributed by atoms with Gasteiger partial charge in [-0.25, -0.2) is 0 Å². The predicted octanol–water partition coefficient (Wildman–Crippen LogP) is 7.91. The molecule has 2 atom stereocenters. The Morgan fingerprint density at radius 2 is 1.09 bits per heavy atom. The molecule has 3 aliphatic carbocycles. The molecule has 0 heterocycles. The average Bonchev–Trinajstić information content (AvgIpc) is 2.83. The highest BCUT2D eigenvalue weighted by molar-refractivity contribution is 9.13. The Balaban J connectivity index is 1.66. The number of hydrogen-bond donors (Lipinski definition) is 0. The summed E-state index contributed by atoms with van der Waals surface area (Å²) < 4.78 is 13.4. The zero-order valence-electron chi connectivity index (χ0n) is 18.2. The van der Waals surface area contributed by atoms with E-state index in [1.165, 1.54) is 44.5 Å². The van der Waals surface area contributed by atoms with Crippen molar-refractivity contribution in [3.8, 4) is 11.5 Å². The quantitative estimate of drug-likeness (QED) is 0.322. The summed E-state index contributed by atoms with van der Waals surface area (Å²) in [4.78, 5) is 0. The highest BCUT2D eigenvalue weighted by Crippen LogP contribution is 2.59. The maximum Gasteiger partial charge on any atom is 0.119 e. The number of rotatable bonds is 2. The summed E-state index contributed by atoms with van der Waals surface area (Å²) in [5, 5.41) is 0. The molecule has 3 aromatic rings. The van der Waals surface area contributed by atoms with Gasteiger partial charge in [0.1, 0.15) is 11.5 Å². The van der Waals surface area contributed by atoms with Gasteiger partial charge in [0, 0.05) is 20.8 Å². The lowest BCUT2D eigenvalue weighted by molar-refractivity contribution is 0.413. The maximum atomic E-state index is 5.55. The van der Waals surface area contributed by atoms with E-state index in [4.69, 9.17) is 9.47 Å². The minimum Gasteiger partial charge on any atom is -0.497 e. The van der Waals surface area contributed by atoms with Crippen molar-refractivity contribution in [3.63, 3.8) is 0 Å². The van der Waals surface area contributed by atoms with Crippen LogP contribution in [0, 0.1) is 0 Å². The van der Waals surface area contributed by atoms with Crippen LogP contribution in [0.2, 0.25) is 0 Å². The molecule has 0 aromatic heterocycles.